The van der Waals surface area contributed by atoms with Crippen molar-refractivity contribution in [3.8, 4) is 0 Å². The van der Waals surface area contributed by atoms with E-state index in [1.807, 2.05) is 0 Å². The van der Waals surface area contributed by atoms with Crippen molar-refractivity contribution in [3.05, 3.63) is 0 Å². The molecular weight excluding hydrogens is 252 g/mol. The Balaban J connectivity index is 2.43. The van der Waals surface area contributed by atoms with Gasteiger partial charge in [0.05, 0.1) is 12.2 Å². The van der Waals surface area contributed by atoms with Gasteiger partial charge in [-0.15, -0.1) is 0 Å². The van der Waals surface area contributed by atoms with Crippen LogP contribution in [0, 0.1) is 5.41 Å². The van der Waals surface area contributed by atoms with Gasteiger partial charge in [-0.05, 0) is 31.3 Å². The van der Waals surface area contributed by atoms with Crippen LogP contribution in [0.2, 0.25) is 0 Å². The highest BCUT2D eigenvalue weighted by Gasteiger charge is 2.33. The van der Waals surface area contributed by atoms with Gasteiger partial charge in [-0.1, -0.05) is 27.7 Å². The van der Waals surface area contributed by atoms with Crippen molar-refractivity contribution in [1.29, 1.82) is 0 Å². The molecule has 0 amide bonds. The van der Waals surface area contributed by atoms with Crippen LogP contribution >= 0.6 is 0 Å². The summed E-state index contributed by atoms with van der Waals surface area (Å²) in [5.74, 6) is 0. The number of methoxy groups -OCH3 is 2. The molecule has 1 rings (SSSR count). The lowest BCUT2D eigenvalue weighted by molar-refractivity contribution is -0.00461. The second kappa shape index (κ2) is 8.32. The van der Waals surface area contributed by atoms with E-state index in [2.05, 4.69) is 37.9 Å². The fourth-order valence-electron chi connectivity index (χ4n) is 2.93. The Morgan fingerprint density at radius 3 is 2.10 bits per heavy atom. The largest absolute Gasteiger partial charge is 0.377 e. The molecule has 0 radical (unpaired) electrons. The van der Waals surface area contributed by atoms with Gasteiger partial charge in [-0.3, -0.25) is 4.90 Å². The molecule has 1 aliphatic heterocycles. The Kier molecular flexibility index (Phi) is 7.45. The normalized spacial score (nSPS) is 26.1. The molecule has 0 aromatic rings. The highest BCUT2D eigenvalue weighted by Crippen LogP contribution is 2.23. The van der Waals surface area contributed by atoms with Crippen LogP contribution in [0.4, 0.5) is 0 Å². The lowest BCUT2D eigenvalue weighted by Gasteiger charge is -2.33. The Morgan fingerprint density at radius 1 is 1.15 bits per heavy atom. The summed E-state index contributed by atoms with van der Waals surface area (Å²) < 4.78 is 11.0. The molecule has 20 heavy (non-hydrogen) atoms. The first-order valence-corrected chi connectivity index (χ1v) is 7.93. The van der Waals surface area contributed by atoms with Crippen LogP contribution in [-0.4, -0.2) is 63.5 Å². The zero-order valence-corrected chi connectivity index (χ0v) is 14.2. The van der Waals surface area contributed by atoms with Crippen LogP contribution in [0.1, 0.15) is 40.5 Å². The van der Waals surface area contributed by atoms with E-state index in [4.69, 9.17) is 9.47 Å². The van der Waals surface area contributed by atoms with E-state index in [-0.39, 0.29) is 12.2 Å². The molecule has 1 saturated heterocycles. The monoisotopic (exact) mass is 286 g/mol. The molecule has 1 heterocycles. The van der Waals surface area contributed by atoms with Crippen LogP contribution in [0.3, 0.4) is 0 Å². The Hall–Kier alpha value is -0.160. The second-order valence-corrected chi connectivity index (χ2v) is 6.97. The molecule has 0 aromatic carbocycles. The second-order valence-electron chi connectivity index (χ2n) is 6.97. The van der Waals surface area contributed by atoms with Crippen molar-refractivity contribution >= 4 is 0 Å². The third-order valence-electron chi connectivity index (χ3n) is 4.32. The smallest absolute Gasteiger partial charge is 0.0971 e. The molecule has 0 bridgehead atoms. The molecule has 0 spiro atoms. The number of rotatable bonds is 8. The van der Waals surface area contributed by atoms with Gasteiger partial charge in [-0.25, -0.2) is 0 Å². The summed E-state index contributed by atoms with van der Waals surface area (Å²) in [6.45, 7) is 13.4. The zero-order chi connectivity index (χ0) is 15.2. The molecule has 1 aliphatic rings. The number of hydrogen-bond donors (Lipinski definition) is 1. The van der Waals surface area contributed by atoms with E-state index in [1.54, 1.807) is 14.2 Å². The van der Waals surface area contributed by atoms with Gasteiger partial charge in [0.25, 0.3) is 0 Å². The topological polar surface area (TPSA) is 33.7 Å². The van der Waals surface area contributed by atoms with E-state index in [0.29, 0.717) is 11.5 Å². The van der Waals surface area contributed by atoms with Gasteiger partial charge in [0, 0.05) is 33.4 Å². The van der Waals surface area contributed by atoms with Gasteiger partial charge in [0.2, 0.25) is 0 Å². The molecule has 3 atom stereocenters. The molecule has 4 heteroatoms. The summed E-state index contributed by atoms with van der Waals surface area (Å²) in [5.41, 5.74) is 0.302. The predicted molar refractivity (Wildman–Crippen MR) is 84.2 cm³/mol. The quantitative estimate of drug-likeness (QED) is 0.741. The van der Waals surface area contributed by atoms with Crippen LogP contribution in [-0.2, 0) is 9.47 Å². The lowest BCUT2D eigenvalue weighted by Crippen LogP contribution is -2.43. The molecule has 1 fully saturated rings. The van der Waals surface area contributed by atoms with Crippen LogP contribution in [0.15, 0.2) is 0 Å². The first-order valence-electron chi connectivity index (χ1n) is 7.93. The standard InChI is InChI=1S/C16H34N2O2/c1-7-9-17-15(16(2,3)4)8-10-18-11-13(19-5)14(12-18)20-6/h13-15,17H,7-12H2,1-6H3. The minimum atomic E-state index is 0.219. The number of nitrogens with zero attached hydrogens (tertiary/aromatic N) is 1. The fourth-order valence-corrected chi connectivity index (χ4v) is 2.93. The summed E-state index contributed by atoms with van der Waals surface area (Å²) >= 11 is 0. The average Bonchev–Trinajstić information content (AvgIpc) is 2.79. The van der Waals surface area contributed by atoms with Gasteiger partial charge >= 0.3 is 0 Å². The minimum absolute atomic E-state index is 0.219. The summed E-state index contributed by atoms with van der Waals surface area (Å²) in [7, 11) is 3.56. The van der Waals surface area contributed by atoms with Crippen molar-refractivity contribution in [3.63, 3.8) is 0 Å². The molecule has 3 unspecified atom stereocenters. The third-order valence-corrected chi connectivity index (χ3v) is 4.32. The molecule has 1 N–H and O–H groups in total. The Morgan fingerprint density at radius 2 is 1.70 bits per heavy atom. The molecule has 4 nitrogen and oxygen atoms in total. The van der Waals surface area contributed by atoms with Gasteiger partial charge in [0.1, 0.15) is 0 Å². The van der Waals surface area contributed by atoms with Gasteiger partial charge in [0.15, 0.2) is 0 Å². The first-order chi connectivity index (χ1) is 9.42. The van der Waals surface area contributed by atoms with Crippen molar-refractivity contribution in [2.45, 2.75) is 58.8 Å². The van der Waals surface area contributed by atoms with Crippen molar-refractivity contribution in [2.24, 2.45) is 5.41 Å². The molecule has 0 saturated carbocycles. The van der Waals surface area contributed by atoms with E-state index in [1.165, 1.54) is 12.8 Å². The van der Waals surface area contributed by atoms with E-state index in [9.17, 15) is 0 Å². The van der Waals surface area contributed by atoms with E-state index >= 15 is 0 Å². The molecule has 0 aromatic heterocycles. The zero-order valence-electron chi connectivity index (χ0n) is 14.2. The summed E-state index contributed by atoms with van der Waals surface area (Å²) in [6.07, 6.45) is 2.80. The summed E-state index contributed by atoms with van der Waals surface area (Å²) in [5, 5.41) is 3.69. The minimum Gasteiger partial charge on any atom is -0.377 e. The van der Waals surface area contributed by atoms with Crippen molar-refractivity contribution < 1.29 is 9.47 Å². The maximum absolute atomic E-state index is 5.50. The van der Waals surface area contributed by atoms with Gasteiger partial charge < -0.3 is 14.8 Å². The SMILES string of the molecule is CCCNC(CCN1CC(OC)C(OC)C1)C(C)(C)C. The predicted octanol–water partition coefficient (Wildman–Crippen LogP) is 2.14. The van der Waals surface area contributed by atoms with Crippen LogP contribution in [0.5, 0.6) is 0 Å². The third kappa shape index (κ3) is 5.32. The van der Waals surface area contributed by atoms with Crippen molar-refractivity contribution in [2.75, 3.05) is 40.4 Å². The number of hydrogen-bond acceptors (Lipinski definition) is 4. The number of ether oxygens (including phenoxy) is 2. The maximum atomic E-state index is 5.50. The van der Waals surface area contributed by atoms with Crippen LogP contribution in [0.25, 0.3) is 0 Å². The van der Waals surface area contributed by atoms with Gasteiger partial charge in [-0.2, -0.15) is 0 Å². The first kappa shape index (κ1) is 17.9. The number of nitrogens with one attached hydrogen (secondary N) is 1. The molecule has 120 valence electrons. The lowest BCUT2D eigenvalue weighted by atomic mass is 9.84. The highest BCUT2D eigenvalue weighted by atomic mass is 16.5. The average molecular weight is 286 g/mol. The van der Waals surface area contributed by atoms with E-state index < -0.39 is 0 Å². The maximum Gasteiger partial charge on any atom is 0.0971 e. The van der Waals surface area contributed by atoms with E-state index in [0.717, 1.165) is 26.2 Å². The molecule has 0 aliphatic carbocycles. The van der Waals surface area contributed by atoms with Crippen LogP contribution < -0.4 is 5.32 Å². The summed E-state index contributed by atoms with van der Waals surface area (Å²) in [4.78, 5) is 2.47. The fraction of sp³-hybridized carbons (Fsp3) is 1.00. The summed E-state index contributed by atoms with van der Waals surface area (Å²) in [6, 6.07) is 0.560. The molecular formula is C16H34N2O2. The Bertz CT molecular complexity index is 254. The van der Waals surface area contributed by atoms with Crippen molar-refractivity contribution in [1.82, 2.24) is 10.2 Å². The Labute approximate surface area is 125 Å². The number of likely N-dealkylation sites (tertiary alicyclic amines) is 1. The highest BCUT2D eigenvalue weighted by molar-refractivity contribution is 4.88.